The van der Waals surface area contributed by atoms with Crippen LogP contribution >= 0.6 is 0 Å². The summed E-state index contributed by atoms with van der Waals surface area (Å²) in [7, 11) is 0. The van der Waals surface area contributed by atoms with Crippen molar-refractivity contribution in [2.24, 2.45) is 5.92 Å². The molecule has 0 saturated heterocycles. The van der Waals surface area contributed by atoms with Gasteiger partial charge in [-0.25, -0.2) is 0 Å². The van der Waals surface area contributed by atoms with E-state index < -0.39 is 11.5 Å². The quantitative estimate of drug-likeness (QED) is 0.885. The molecule has 1 amide bonds. The van der Waals surface area contributed by atoms with E-state index in [1.54, 1.807) is 0 Å². The molecule has 2 aromatic carbocycles. The van der Waals surface area contributed by atoms with E-state index in [1.165, 1.54) is 16.3 Å². The molecule has 2 aliphatic carbocycles. The van der Waals surface area contributed by atoms with Gasteiger partial charge in [0.2, 0.25) is 5.91 Å². The Morgan fingerprint density at radius 1 is 1.12 bits per heavy atom. The van der Waals surface area contributed by atoms with Crippen LogP contribution < -0.4 is 5.32 Å². The predicted octanol–water partition coefficient (Wildman–Crippen LogP) is 3.46. The number of carboxylic acid groups (broad SMARTS) is 1. The van der Waals surface area contributed by atoms with E-state index in [9.17, 15) is 9.59 Å². The number of fused-ring (bicyclic) bond motifs is 1. The van der Waals surface area contributed by atoms with Crippen LogP contribution in [0.25, 0.3) is 10.8 Å². The monoisotopic (exact) mass is 323 g/mol. The molecule has 2 fully saturated rings. The van der Waals surface area contributed by atoms with Crippen LogP contribution in [-0.4, -0.2) is 22.5 Å². The van der Waals surface area contributed by atoms with Crippen LogP contribution in [0.4, 0.5) is 0 Å². The fourth-order valence-electron chi connectivity index (χ4n) is 4.00. The average molecular weight is 323 g/mol. The second-order valence-corrected chi connectivity index (χ2v) is 7.21. The molecular formula is C20H21NO3. The highest BCUT2D eigenvalue weighted by atomic mass is 16.4. The van der Waals surface area contributed by atoms with Crippen molar-refractivity contribution in [1.29, 1.82) is 0 Å². The molecular weight excluding hydrogens is 302 g/mol. The van der Waals surface area contributed by atoms with Crippen molar-refractivity contribution in [1.82, 2.24) is 5.32 Å². The van der Waals surface area contributed by atoms with Crippen molar-refractivity contribution in [3.05, 3.63) is 48.0 Å². The molecule has 2 saturated carbocycles. The van der Waals surface area contributed by atoms with Crippen LogP contribution in [0.15, 0.2) is 42.5 Å². The van der Waals surface area contributed by atoms with Gasteiger partial charge in [0.25, 0.3) is 0 Å². The summed E-state index contributed by atoms with van der Waals surface area (Å²) in [5, 5.41) is 14.5. The van der Waals surface area contributed by atoms with Gasteiger partial charge in [0.15, 0.2) is 0 Å². The highest BCUT2D eigenvalue weighted by Crippen LogP contribution is 2.50. The van der Waals surface area contributed by atoms with Crippen molar-refractivity contribution >= 4 is 22.6 Å². The summed E-state index contributed by atoms with van der Waals surface area (Å²) in [5.41, 5.74) is 0.726. The maximum atomic E-state index is 12.6. The highest BCUT2D eigenvalue weighted by Gasteiger charge is 2.48. The molecule has 4 nitrogen and oxygen atoms in total. The molecule has 124 valence electrons. The normalized spacial score (nSPS) is 24.2. The van der Waals surface area contributed by atoms with Crippen LogP contribution in [0.2, 0.25) is 0 Å². The van der Waals surface area contributed by atoms with Gasteiger partial charge in [-0.15, -0.1) is 0 Å². The molecule has 0 spiro atoms. The minimum absolute atomic E-state index is 0.0221. The van der Waals surface area contributed by atoms with Crippen molar-refractivity contribution < 1.29 is 14.7 Å². The summed E-state index contributed by atoms with van der Waals surface area (Å²) in [6, 6.07) is 14.5. The first-order valence-corrected chi connectivity index (χ1v) is 8.59. The van der Waals surface area contributed by atoms with Gasteiger partial charge in [-0.1, -0.05) is 42.5 Å². The predicted molar refractivity (Wildman–Crippen MR) is 91.8 cm³/mol. The standard InChI is InChI=1S/C20H21NO3/c22-18(23)12-20(9-4-10-20)21-19(24)17-11-16(17)15-8-3-6-13-5-1-2-7-14(13)15/h1-3,5-8,16-17H,4,9-12H2,(H,21,24)(H,22,23). The Balaban J connectivity index is 1.49. The summed E-state index contributed by atoms with van der Waals surface area (Å²) in [6.07, 6.45) is 3.42. The van der Waals surface area contributed by atoms with Crippen LogP contribution in [0.5, 0.6) is 0 Å². The maximum Gasteiger partial charge on any atom is 0.305 e. The second-order valence-electron chi connectivity index (χ2n) is 7.21. The van der Waals surface area contributed by atoms with E-state index in [1.807, 2.05) is 18.2 Å². The van der Waals surface area contributed by atoms with E-state index in [4.69, 9.17) is 5.11 Å². The largest absolute Gasteiger partial charge is 0.481 e. The number of nitrogens with one attached hydrogen (secondary N) is 1. The lowest BCUT2D eigenvalue weighted by Crippen LogP contribution is -2.55. The summed E-state index contributed by atoms with van der Waals surface area (Å²) in [6.45, 7) is 0. The lowest BCUT2D eigenvalue weighted by Gasteiger charge is -2.41. The lowest BCUT2D eigenvalue weighted by atomic mass is 9.74. The summed E-state index contributed by atoms with van der Waals surface area (Å²) >= 11 is 0. The van der Waals surface area contributed by atoms with Crippen molar-refractivity contribution in [3.63, 3.8) is 0 Å². The first-order chi connectivity index (χ1) is 11.6. The summed E-state index contributed by atoms with van der Waals surface area (Å²) in [4.78, 5) is 23.7. The number of hydrogen-bond donors (Lipinski definition) is 2. The Kier molecular flexibility index (Phi) is 3.56. The Hall–Kier alpha value is -2.36. The Morgan fingerprint density at radius 3 is 2.58 bits per heavy atom. The molecule has 2 aromatic rings. The molecule has 0 aliphatic heterocycles. The molecule has 4 heteroatoms. The van der Waals surface area contributed by atoms with Gasteiger partial charge in [-0.3, -0.25) is 9.59 Å². The number of carboxylic acids is 1. The third-order valence-corrected chi connectivity index (χ3v) is 5.54. The Labute approximate surface area is 140 Å². The molecule has 24 heavy (non-hydrogen) atoms. The zero-order chi connectivity index (χ0) is 16.7. The van der Waals surface area contributed by atoms with Crippen molar-refractivity contribution in [2.75, 3.05) is 0 Å². The van der Waals surface area contributed by atoms with Gasteiger partial charge in [0, 0.05) is 5.92 Å². The number of hydrogen-bond acceptors (Lipinski definition) is 2. The highest BCUT2D eigenvalue weighted by molar-refractivity contribution is 5.90. The summed E-state index contributed by atoms with van der Waals surface area (Å²) < 4.78 is 0. The van der Waals surface area contributed by atoms with Gasteiger partial charge in [-0.2, -0.15) is 0 Å². The van der Waals surface area contributed by atoms with Gasteiger partial charge in [-0.05, 0) is 47.9 Å². The maximum absolute atomic E-state index is 12.6. The molecule has 2 aliphatic rings. The number of carbonyl (C=O) groups is 2. The molecule has 2 atom stereocenters. The molecule has 2 N–H and O–H groups in total. The zero-order valence-corrected chi connectivity index (χ0v) is 13.5. The molecule has 4 rings (SSSR count). The van der Waals surface area contributed by atoms with E-state index in [2.05, 4.69) is 29.6 Å². The average Bonchev–Trinajstić information content (AvgIpc) is 3.32. The van der Waals surface area contributed by atoms with Gasteiger partial charge in [0.1, 0.15) is 0 Å². The fraction of sp³-hybridized carbons (Fsp3) is 0.400. The van der Waals surface area contributed by atoms with E-state index in [0.29, 0.717) is 0 Å². The smallest absolute Gasteiger partial charge is 0.305 e. The van der Waals surface area contributed by atoms with E-state index >= 15 is 0 Å². The zero-order valence-electron chi connectivity index (χ0n) is 13.5. The second kappa shape index (κ2) is 5.62. The minimum atomic E-state index is -0.837. The SMILES string of the molecule is O=C(O)CC1(NC(=O)C2CC2c2cccc3ccccc23)CCC1. The number of aliphatic carboxylic acids is 1. The number of rotatable bonds is 5. The number of carbonyl (C=O) groups excluding carboxylic acids is 1. The van der Waals surface area contributed by atoms with Crippen LogP contribution in [0.1, 0.15) is 43.6 Å². The Morgan fingerprint density at radius 2 is 1.88 bits per heavy atom. The number of benzene rings is 2. The third kappa shape index (κ3) is 2.66. The summed E-state index contributed by atoms with van der Waals surface area (Å²) in [5.74, 6) is -0.592. The lowest BCUT2D eigenvalue weighted by molar-refractivity contribution is -0.140. The Bertz CT molecular complexity index is 804. The first kappa shape index (κ1) is 15.2. The van der Waals surface area contributed by atoms with Crippen molar-refractivity contribution in [2.45, 2.75) is 43.6 Å². The molecule has 0 radical (unpaired) electrons. The van der Waals surface area contributed by atoms with Crippen LogP contribution in [0, 0.1) is 5.92 Å². The third-order valence-electron chi connectivity index (χ3n) is 5.54. The molecule has 0 bridgehead atoms. The molecule has 2 unspecified atom stereocenters. The van der Waals surface area contributed by atoms with E-state index in [-0.39, 0.29) is 24.2 Å². The van der Waals surface area contributed by atoms with Gasteiger partial charge < -0.3 is 10.4 Å². The van der Waals surface area contributed by atoms with Crippen molar-refractivity contribution in [3.8, 4) is 0 Å². The first-order valence-electron chi connectivity index (χ1n) is 8.59. The van der Waals surface area contributed by atoms with E-state index in [0.717, 1.165) is 25.7 Å². The van der Waals surface area contributed by atoms with Crippen LogP contribution in [-0.2, 0) is 9.59 Å². The van der Waals surface area contributed by atoms with Gasteiger partial charge in [0.05, 0.1) is 12.0 Å². The minimum Gasteiger partial charge on any atom is -0.481 e. The molecule has 0 heterocycles. The van der Waals surface area contributed by atoms with Crippen LogP contribution in [0.3, 0.4) is 0 Å². The number of amides is 1. The molecule has 0 aromatic heterocycles. The topological polar surface area (TPSA) is 66.4 Å². The fourth-order valence-corrected chi connectivity index (χ4v) is 4.00. The van der Waals surface area contributed by atoms with Gasteiger partial charge >= 0.3 is 5.97 Å².